The van der Waals surface area contributed by atoms with E-state index in [1.165, 1.54) is 6.07 Å². The highest BCUT2D eigenvalue weighted by Crippen LogP contribution is 2.43. The SMILES string of the molecule is CCOC(=O)c1cn2c(cc1=O)-c1nc(C(C)C)c(OCCCOC)cc1C[C@H]2C(C)(C)C. The van der Waals surface area contributed by atoms with Gasteiger partial charge in [0.15, 0.2) is 5.43 Å². The van der Waals surface area contributed by atoms with Crippen LogP contribution >= 0.6 is 0 Å². The molecule has 0 fully saturated rings. The third-order valence-electron chi connectivity index (χ3n) is 5.96. The third kappa shape index (κ3) is 5.29. The van der Waals surface area contributed by atoms with E-state index in [2.05, 4.69) is 40.7 Å². The highest BCUT2D eigenvalue weighted by atomic mass is 16.5. The normalized spacial score (nSPS) is 15.2. The van der Waals surface area contributed by atoms with E-state index in [1.54, 1.807) is 20.2 Å². The van der Waals surface area contributed by atoms with E-state index in [-0.39, 0.29) is 35.0 Å². The summed E-state index contributed by atoms with van der Waals surface area (Å²) in [5.74, 6) is 0.338. The molecule has 0 saturated carbocycles. The molecule has 0 amide bonds. The number of carbonyl (C=O) groups excluding carboxylic acids is 1. The summed E-state index contributed by atoms with van der Waals surface area (Å²) in [6.07, 6.45) is 3.17. The standard InChI is InChI=1S/C26H36N2O5/c1-8-32-25(30)18-15-28-19(14-20(18)29)24-17(13-22(28)26(4,5)6)12-21(23(27-24)16(2)3)33-11-9-10-31-7/h12,14-16,22H,8-11,13H2,1-7H3/t22-/m0/s1. The van der Waals surface area contributed by atoms with Gasteiger partial charge in [0.25, 0.3) is 0 Å². The predicted molar refractivity (Wildman–Crippen MR) is 128 cm³/mol. The van der Waals surface area contributed by atoms with Crippen molar-refractivity contribution >= 4 is 5.97 Å². The molecule has 3 rings (SSSR count). The zero-order valence-corrected chi connectivity index (χ0v) is 20.9. The van der Waals surface area contributed by atoms with Crippen LogP contribution in [0.3, 0.4) is 0 Å². The van der Waals surface area contributed by atoms with Crippen LogP contribution in [0.1, 0.15) is 81.5 Å². The van der Waals surface area contributed by atoms with Crippen molar-refractivity contribution in [2.24, 2.45) is 5.41 Å². The summed E-state index contributed by atoms with van der Waals surface area (Å²) in [4.78, 5) is 30.3. The van der Waals surface area contributed by atoms with Gasteiger partial charge in [-0.25, -0.2) is 9.78 Å². The molecule has 0 radical (unpaired) electrons. The number of methoxy groups -OCH3 is 1. The largest absolute Gasteiger partial charge is 0.492 e. The quantitative estimate of drug-likeness (QED) is 0.421. The summed E-state index contributed by atoms with van der Waals surface area (Å²) in [6, 6.07) is 3.64. The topological polar surface area (TPSA) is 79.7 Å². The Morgan fingerprint density at radius 3 is 2.58 bits per heavy atom. The Bertz CT molecular complexity index is 1070. The molecule has 3 heterocycles. The number of pyridine rings is 2. The fourth-order valence-electron chi connectivity index (χ4n) is 4.23. The number of hydrogen-bond acceptors (Lipinski definition) is 6. The molecule has 1 atom stereocenters. The number of aromatic nitrogens is 2. The van der Waals surface area contributed by atoms with Crippen molar-refractivity contribution in [3.8, 4) is 17.1 Å². The smallest absolute Gasteiger partial charge is 0.343 e. The minimum Gasteiger partial charge on any atom is -0.492 e. The predicted octanol–water partition coefficient (Wildman–Crippen LogP) is 4.77. The first-order chi connectivity index (χ1) is 15.6. The summed E-state index contributed by atoms with van der Waals surface area (Å²) in [6.45, 7) is 13.8. The number of nitrogens with zero attached hydrogens (tertiary/aromatic N) is 2. The van der Waals surface area contributed by atoms with Gasteiger partial charge in [0, 0.05) is 38.4 Å². The fourth-order valence-corrected chi connectivity index (χ4v) is 4.23. The van der Waals surface area contributed by atoms with Crippen LogP contribution in [0.4, 0.5) is 0 Å². The maximum absolute atomic E-state index is 12.9. The summed E-state index contributed by atoms with van der Waals surface area (Å²) < 4.78 is 18.4. The van der Waals surface area contributed by atoms with Gasteiger partial charge in [0.1, 0.15) is 11.3 Å². The highest BCUT2D eigenvalue weighted by Gasteiger charge is 2.35. The van der Waals surface area contributed by atoms with E-state index in [0.717, 1.165) is 41.2 Å². The lowest BCUT2D eigenvalue weighted by molar-refractivity contribution is 0.0523. The number of ether oxygens (including phenoxy) is 3. The number of esters is 1. The van der Waals surface area contributed by atoms with Crippen molar-refractivity contribution < 1.29 is 19.0 Å². The minimum absolute atomic E-state index is 0.0295. The molecule has 0 unspecified atom stereocenters. The second-order valence-corrected chi connectivity index (χ2v) is 9.88. The van der Waals surface area contributed by atoms with Crippen LogP contribution in [0, 0.1) is 5.41 Å². The first-order valence-electron chi connectivity index (χ1n) is 11.7. The van der Waals surface area contributed by atoms with Crippen LogP contribution in [0.2, 0.25) is 0 Å². The Balaban J connectivity index is 2.16. The van der Waals surface area contributed by atoms with Gasteiger partial charge in [-0.2, -0.15) is 0 Å². The molecular formula is C26H36N2O5. The molecule has 2 aromatic heterocycles. The molecule has 0 saturated heterocycles. The molecule has 0 N–H and O–H groups in total. The molecular weight excluding hydrogens is 420 g/mol. The number of rotatable bonds is 8. The molecule has 0 aromatic carbocycles. The lowest BCUT2D eigenvalue weighted by Crippen LogP contribution is -2.33. The van der Waals surface area contributed by atoms with Gasteiger partial charge in [-0.3, -0.25) is 4.79 Å². The first-order valence-corrected chi connectivity index (χ1v) is 11.7. The number of hydrogen-bond donors (Lipinski definition) is 0. The second-order valence-electron chi connectivity index (χ2n) is 9.88. The van der Waals surface area contributed by atoms with E-state index >= 15 is 0 Å². The van der Waals surface area contributed by atoms with Gasteiger partial charge >= 0.3 is 5.97 Å². The van der Waals surface area contributed by atoms with Gasteiger partial charge in [-0.1, -0.05) is 34.6 Å². The lowest BCUT2D eigenvalue weighted by Gasteiger charge is -2.39. The summed E-state index contributed by atoms with van der Waals surface area (Å²) in [5.41, 5.74) is 2.98. The van der Waals surface area contributed by atoms with E-state index in [1.807, 2.05) is 4.57 Å². The van der Waals surface area contributed by atoms with Gasteiger partial charge in [0.2, 0.25) is 0 Å². The lowest BCUT2D eigenvalue weighted by atomic mass is 9.79. The van der Waals surface area contributed by atoms with Gasteiger partial charge in [0.05, 0.1) is 30.3 Å². The average Bonchev–Trinajstić information content (AvgIpc) is 2.74. The molecule has 0 bridgehead atoms. The summed E-state index contributed by atoms with van der Waals surface area (Å²) in [5, 5.41) is 0. The van der Waals surface area contributed by atoms with E-state index < -0.39 is 5.97 Å². The van der Waals surface area contributed by atoms with Gasteiger partial charge in [-0.15, -0.1) is 0 Å². The zero-order valence-electron chi connectivity index (χ0n) is 20.9. The van der Waals surface area contributed by atoms with Crippen molar-refractivity contribution in [2.75, 3.05) is 26.9 Å². The Kier molecular flexibility index (Phi) is 7.62. The fraction of sp³-hybridized carbons (Fsp3) is 0.577. The molecule has 7 heteroatoms. The molecule has 7 nitrogen and oxygen atoms in total. The van der Waals surface area contributed by atoms with Crippen LogP contribution in [-0.4, -0.2) is 42.5 Å². The summed E-state index contributed by atoms with van der Waals surface area (Å²) >= 11 is 0. The van der Waals surface area contributed by atoms with Gasteiger partial charge < -0.3 is 18.8 Å². The van der Waals surface area contributed by atoms with Gasteiger partial charge in [-0.05, 0) is 36.3 Å². The molecule has 180 valence electrons. The van der Waals surface area contributed by atoms with Crippen LogP contribution in [0.25, 0.3) is 11.4 Å². The average molecular weight is 457 g/mol. The van der Waals surface area contributed by atoms with Crippen molar-refractivity contribution in [2.45, 2.75) is 66.3 Å². The third-order valence-corrected chi connectivity index (χ3v) is 5.96. The van der Waals surface area contributed by atoms with E-state index in [9.17, 15) is 9.59 Å². The zero-order chi connectivity index (χ0) is 24.3. The highest BCUT2D eigenvalue weighted by molar-refractivity contribution is 5.89. The molecule has 0 aliphatic carbocycles. The molecule has 33 heavy (non-hydrogen) atoms. The first kappa shape index (κ1) is 25.0. The van der Waals surface area contributed by atoms with Crippen LogP contribution < -0.4 is 10.2 Å². The van der Waals surface area contributed by atoms with Crippen LogP contribution in [-0.2, 0) is 15.9 Å². The van der Waals surface area contributed by atoms with Crippen LogP contribution in [0.15, 0.2) is 23.1 Å². The number of fused-ring (bicyclic) bond motifs is 3. The summed E-state index contributed by atoms with van der Waals surface area (Å²) in [7, 11) is 1.68. The Morgan fingerprint density at radius 2 is 1.97 bits per heavy atom. The number of carbonyl (C=O) groups is 1. The Labute approximate surface area is 196 Å². The minimum atomic E-state index is -0.591. The van der Waals surface area contributed by atoms with Crippen molar-refractivity contribution in [3.05, 3.63) is 45.4 Å². The van der Waals surface area contributed by atoms with E-state index in [4.69, 9.17) is 19.2 Å². The molecule has 0 spiro atoms. The molecule has 1 aliphatic heterocycles. The van der Waals surface area contributed by atoms with Crippen molar-refractivity contribution in [3.63, 3.8) is 0 Å². The van der Waals surface area contributed by atoms with Crippen LogP contribution in [0.5, 0.6) is 5.75 Å². The molecule has 2 aromatic rings. The maximum Gasteiger partial charge on any atom is 0.343 e. The maximum atomic E-state index is 12.9. The van der Waals surface area contributed by atoms with E-state index in [0.29, 0.717) is 13.2 Å². The van der Waals surface area contributed by atoms with Crippen molar-refractivity contribution in [1.82, 2.24) is 9.55 Å². The second kappa shape index (κ2) is 10.1. The Hall–Kier alpha value is -2.67. The monoisotopic (exact) mass is 456 g/mol. The Morgan fingerprint density at radius 1 is 1.24 bits per heavy atom. The molecule has 1 aliphatic rings. The van der Waals surface area contributed by atoms with Crippen molar-refractivity contribution in [1.29, 1.82) is 0 Å².